The summed E-state index contributed by atoms with van der Waals surface area (Å²) in [6, 6.07) is 10.2. The predicted molar refractivity (Wildman–Crippen MR) is 81.8 cm³/mol. The van der Waals surface area contributed by atoms with E-state index in [0.717, 1.165) is 0 Å². The van der Waals surface area contributed by atoms with Gasteiger partial charge in [0.2, 0.25) is 0 Å². The van der Waals surface area contributed by atoms with Crippen LogP contribution in [0.5, 0.6) is 11.5 Å². The van der Waals surface area contributed by atoms with Gasteiger partial charge < -0.3 is 14.8 Å². The molecule has 0 aromatic heterocycles. The summed E-state index contributed by atoms with van der Waals surface area (Å²) in [5.41, 5.74) is 0.916. The van der Waals surface area contributed by atoms with E-state index in [4.69, 9.17) is 32.7 Å². The third-order valence-electron chi connectivity index (χ3n) is 2.98. The Balaban J connectivity index is 1.88. The third kappa shape index (κ3) is 2.91. The number of hydrogen-bond donors (Lipinski definition) is 1. The third-order valence-corrected chi connectivity index (χ3v) is 3.59. The van der Waals surface area contributed by atoms with E-state index in [0.29, 0.717) is 46.0 Å². The first-order valence-electron chi connectivity index (χ1n) is 6.30. The molecule has 2 aromatic rings. The SMILES string of the molecule is O=C(Nc1ccccc1Cl)c1cc(Cl)c2c(c1)OCCO2. The van der Waals surface area contributed by atoms with E-state index in [2.05, 4.69) is 5.32 Å². The molecule has 21 heavy (non-hydrogen) atoms. The van der Waals surface area contributed by atoms with Gasteiger partial charge >= 0.3 is 0 Å². The average Bonchev–Trinajstić information content (AvgIpc) is 2.49. The lowest BCUT2D eigenvalue weighted by Gasteiger charge is -2.20. The van der Waals surface area contributed by atoms with Crippen LogP contribution in [0.2, 0.25) is 10.0 Å². The molecule has 0 fully saturated rings. The number of carbonyl (C=O) groups excluding carboxylic acids is 1. The summed E-state index contributed by atoms with van der Waals surface area (Å²) in [7, 11) is 0. The minimum Gasteiger partial charge on any atom is -0.486 e. The molecule has 1 N–H and O–H groups in total. The molecule has 0 spiro atoms. The number of benzene rings is 2. The van der Waals surface area contributed by atoms with Crippen molar-refractivity contribution in [1.29, 1.82) is 0 Å². The Morgan fingerprint density at radius 1 is 1.05 bits per heavy atom. The molecule has 4 nitrogen and oxygen atoms in total. The van der Waals surface area contributed by atoms with Crippen LogP contribution in [0.15, 0.2) is 36.4 Å². The zero-order valence-electron chi connectivity index (χ0n) is 10.9. The highest BCUT2D eigenvalue weighted by Gasteiger charge is 2.19. The zero-order chi connectivity index (χ0) is 14.8. The molecule has 1 amide bonds. The quantitative estimate of drug-likeness (QED) is 0.908. The molecule has 108 valence electrons. The van der Waals surface area contributed by atoms with Crippen molar-refractivity contribution >= 4 is 34.8 Å². The van der Waals surface area contributed by atoms with E-state index < -0.39 is 0 Å². The van der Waals surface area contributed by atoms with Crippen LogP contribution in [-0.4, -0.2) is 19.1 Å². The van der Waals surface area contributed by atoms with Gasteiger partial charge in [-0.05, 0) is 24.3 Å². The summed E-state index contributed by atoms with van der Waals surface area (Å²) in [4.78, 5) is 12.3. The summed E-state index contributed by atoms with van der Waals surface area (Å²) in [5, 5.41) is 3.55. The molecule has 0 saturated heterocycles. The van der Waals surface area contributed by atoms with Gasteiger partial charge in [0, 0.05) is 5.56 Å². The number of rotatable bonds is 2. The molecule has 1 aliphatic heterocycles. The lowest BCUT2D eigenvalue weighted by atomic mass is 10.1. The Bertz CT molecular complexity index is 703. The maximum atomic E-state index is 12.3. The fourth-order valence-corrected chi connectivity index (χ4v) is 2.45. The Morgan fingerprint density at radius 2 is 1.81 bits per heavy atom. The molecular weight excluding hydrogens is 313 g/mol. The second kappa shape index (κ2) is 5.84. The minimum atomic E-state index is -0.318. The molecular formula is C15H11Cl2NO3. The van der Waals surface area contributed by atoms with Gasteiger partial charge in [0.1, 0.15) is 13.2 Å². The second-order valence-electron chi connectivity index (χ2n) is 4.42. The van der Waals surface area contributed by atoms with Crippen LogP contribution in [0.25, 0.3) is 0 Å². The number of hydrogen-bond acceptors (Lipinski definition) is 3. The van der Waals surface area contributed by atoms with Crippen LogP contribution in [0.4, 0.5) is 5.69 Å². The Morgan fingerprint density at radius 3 is 2.62 bits per heavy atom. The summed E-state index contributed by atoms with van der Waals surface area (Å²) in [5.74, 6) is 0.622. The maximum absolute atomic E-state index is 12.3. The number of anilines is 1. The monoisotopic (exact) mass is 323 g/mol. The first-order chi connectivity index (χ1) is 10.1. The normalized spacial score (nSPS) is 12.9. The molecule has 6 heteroatoms. The number of ether oxygens (including phenoxy) is 2. The molecule has 0 bridgehead atoms. The van der Waals surface area contributed by atoms with Gasteiger partial charge in [-0.1, -0.05) is 35.3 Å². The predicted octanol–water partition coefficient (Wildman–Crippen LogP) is 4.02. The van der Waals surface area contributed by atoms with Crippen molar-refractivity contribution in [2.24, 2.45) is 0 Å². The molecule has 0 radical (unpaired) electrons. The van der Waals surface area contributed by atoms with Gasteiger partial charge in [0.15, 0.2) is 11.5 Å². The van der Waals surface area contributed by atoms with E-state index >= 15 is 0 Å². The van der Waals surface area contributed by atoms with Crippen molar-refractivity contribution in [3.05, 3.63) is 52.0 Å². The van der Waals surface area contributed by atoms with Crippen molar-refractivity contribution in [3.63, 3.8) is 0 Å². The van der Waals surface area contributed by atoms with Crippen LogP contribution in [0.1, 0.15) is 10.4 Å². The molecule has 0 saturated carbocycles. The van der Waals surface area contributed by atoms with Gasteiger partial charge in [-0.2, -0.15) is 0 Å². The Kier molecular flexibility index (Phi) is 3.90. The molecule has 3 rings (SSSR count). The lowest BCUT2D eigenvalue weighted by Crippen LogP contribution is -2.17. The lowest BCUT2D eigenvalue weighted by molar-refractivity contribution is 0.102. The summed E-state index contributed by atoms with van der Waals surface area (Å²) < 4.78 is 10.9. The van der Waals surface area contributed by atoms with Gasteiger partial charge in [-0.15, -0.1) is 0 Å². The highest BCUT2D eigenvalue weighted by atomic mass is 35.5. The maximum Gasteiger partial charge on any atom is 0.255 e. The number of fused-ring (bicyclic) bond motifs is 1. The van der Waals surface area contributed by atoms with Crippen molar-refractivity contribution in [1.82, 2.24) is 0 Å². The van der Waals surface area contributed by atoms with Gasteiger partial charge in [0.05, 0.1) is 15.7 Å². The summed E-state index contributed by atoms with van der Waals surface area (Å²) in [6.45, 7) is 0.872. The highest BCUT2D eigenvalue weighted by molar-refractivity contribution is 6.34. The van der Waals surface area contributed by atoms with Crippen LogP contribution < -0.4 is 14.8 Å². The smallest absolute Gasteiger partial charge is 0.255 e. The van der Waals surface area contributed by atoms with Gasteiger partial charge in [-0.25, -0.2) is 0 Å². The Hall–Kier alpha value is -1.91. The zero-order valence-corrected chi connectivity index (χ0v) is 12.4. The topological polar surface area (TPSA) is 47.6 Å². The van der Waals surface area contributed by atoms with Crippen LogP contribution in [0.3, 0.4) is 0 Å². The van der Waals surface area contributed by atoms with Crippen molar-refractivity contribution < 1.29 is 14.3 Å². The van der Waals surface area contributed by atoms with E-state index in [-0.39, 0.29) is 5.91 Å². The fraction of sp³-hybridized carbons (Fsp3) is 0.133. The van der Waals surface area contributed by atoms with Crippen molar-refractivity contribution in [3.8, 4) is 11.5 Å². The summed E-state index contributed by atoms with van der Waals surface area (Å²) >= 11 is 12.1. The number of para-hydroxylation sites is 1. The number of carbonyl (C=O) groups is 1. The van der Waals surface area contributed by atoms with Crippen LogP contribution in [-0.2, 0) is 0 Å². The average molecular weight is 324 g/mol. The number of halogens is 2. The largest absolute Gasteiger partial charge is 0.486 e. The van der Waals surface area contributed by atoms with E-state index in [1.165, 1.54) is 0 Å². The number of amides is 1. The first-order valence-corrected chi connectivity index (χ1v) is 7.06. The molecule has 2 aromatic carbocycles. The molecule has 1 aliphatic rings. The van der Waals surface area contributed by atoms with Crippen molar-refractivity contribution in [2.45, 2.75) is 0 Å². The summed E-state index contributed by atoms with van der Waals surface area (Å²) in [6.07, 6.45) is 0. The van der Waals surface area contributed by atoms with Crippen LogP contribution in [0, 0.1) is 0 Å². The molecule has 0 unspecified atom stereocenters. The standard InChI is InChI=1S/C15H11Cl2NO3/c16-10-3-1-2-4-12(10)18-15(19)9-7-11(17)14-13(8-9)20-5-6-21-14/h1-4,7-8H,5-6H2,(H,18,19). The highest BCUT2D eigenvalue weighted by Crippen LogP contribution is 2.38. The van der Waals surface area contributed by atoms with Crippen LogP contribution >= 0.6 is 23.2 Å². The van der Waals surface area contributed by atoms with E-state index in [1.807, 2.05) is 0 Å². The first kappa shape index (κ1) is 14.0. The van der Waals surface area contributed by atoms with Crippen molar-refractivity contribution in [2.75, 3.05) is 18.5 Å². The minimum absolute atomic E-state index is 0.318. The molecule has 0 aliphatic carbocycles. The number of nitrogens with one attached hydrogen (secondary N) is 1. The second-order valence-corrected chi connectivity index (χ2v) is 5.23. The Labute approximate surface area is 131 Å². The molecule has 1 heterocycles. The molecule has 0 atom stereocenters. The van der Waals surface area contributed by atoms with Gasteiger partial charge in [0.25, 0.3) is 5.91 Å². The fourth-order valence-electron chi connectivity index (χ4n) is 2.00. The van der Waals surface area contributed by atoms with E-state index in [1.54, 1.807) is 36.4 Å². The van der Waals surface area contributed by atoms with Gasteiger partial charge in [-0.3, -0.25) is 4.79 Å². The van der Waals surface area contributed by atoms with E-state index in [9.17, 15) is 4.79 Å².